The Labute approximate surface area is 89.9 Å². The second-order valence-corrected chi connectivity index (χ2v) is 6.74. The zero-order valence-corrected chi connectivity index (χ0v) is 11.1. The molecule has 1 heterocycles. The summed E-state index contributed by atoms with van der Waals surface area (Å²) in [6, 6.07) is 0. The van der Waals surface area contributed by atoms with Crippen LogP contribution in [0.15, 0.2) is 0 Å². The molecule has 1 saturated heterocycles. The minimum Gasteiger partial charge on any atom is -0.296 e. The number of piperidine rings is 1. The van der Waals surface area contributed by atoms with Crippen LogP contribution >= 0.6 is 0 Å². The molecule has 1 heteroatoms. The molecule has 0 aromatic heterocycles. The van der Waals surface area contributed by atoms with Crippen molar-refractivity contribution in [2.75, 3.05) is 7.05 Å². The van der Waals surface area contributed by atoms with E-state index in [0.717, 1.165) is 0 Å². The van der Waals surface area contributed by atoms with Crippen LogP contribution in [0.4, 0.5) is 0 Å². The van der Waals surface area contributed by atoms with Crippen LogP contribution in [0.25, 0.3) is 0 Å². The standard InChI is InChI=1S/C13H27N/c1-8-13(6)10-11(2,3)9-12(4,5)14(13)7/h8-10H2,1-7H3. The van der Waals surface area contributed by atoms with Gasteiger partial charge in [-0.3, -0.25) is 4.90 Å². The lowest BCUT2D eigenvalue weighted by Crippen LogP contribution is -2.61. The van der Waals surface area contributed by atoms with Crippen molar-refractivity contribution in [1.29, 1.82) is 0 Å². The quantitative estimate of drug-likeness (QED) is 0.620. The minimum atomic E-state index is 0.340. The largest absolute Gasteiger partial charge is 0.296 e. The van der Waals surface area contributed by atoms with Crippen LogP contribution in [-0.2, 0) is 0 Å². The number of hydrogen-bond donors (Lipinski definition) is 0. The lowest BCUT2D eigenvalue weighted by Gasteiger charge is -2.58. The van der Waals surface area contributed by atoms with E-state index in [1.807, 2.05) is 0 Å². The van der Waals surface area contributed by atoms with Gasteiger partial charge < -0.3 is 0 Å². The summed E-state index contributed by atoms with van der Waals surface area (Å²) < 4.78 is 0. The molecule has 0 aromatic carbocycles. The summed E-state index contributed by atoms with van der Waals surface area (Å²) in [6.07, 6.45) is 3.86. The van der Waals surface area contributed by atoms with Gasteiger partial charge in [0.2, 0.25) is 0 Å². The maximum atomic E-state index is 2.59. The smallest absolute Gasteiger partial charge is 0.0186 e. The van der Waals surface area contributed by atoms with Crippen LogP contribution in [-0.4, -0.2) is 23.0 Å². The molecule has 0 aliphatic carbocycles. The Morgan fingerprint density at radius 3 is 1.93 bits per heavy atom. The van der Waals surface area contributed by atoms with E-state index in [9.17, 15) is 0 Å². The summed E-state index contributed by atoms with van der Waals surface area (Å²) in [7, 11) is 2.29. The van der Waals surface area contributed by atoms with Crippen molar-refractivity contribution < 1.29 is 0 Å². The van der Waals surface area contributed by atoms with Crippen LogP contribution in [0.2, 0.25) is 0 Å². The van der Waals surface area contributed by atoms with E-state index < -0.39 is 0 Å². The zero-order chi connectivity index (χ0) is 11.2. The average molecular weight is 197 g/mol. The van der Waals surface area contributed by atoms with Gasteiger partial charge >= 0.3 is 0 Å². The van der Waals surface area contributed by atoms with E-state index in [2.05, 4.69) is 53.5 Å². The third-order valence-corrected chi connectivity index (χ3v) is 4.25. The van der Waals surface area contributed by atoms with Crippen molar-refractivity contribution in [3.05, 3.63) is 0 Å². The SMILES string of the molecule is CCC1(C)CC(C)(C)CC(C)(C)N1C. The summed E-state index contributed by atoms with van der Waals surface area (Å²) in [5.41, 5.74) is 1.21. The van der Waals surface area contributed by atoms with E-state index in [-0.39, 0.29) is 0 Å². The highest BCUT2D eigenvalue weighted by Crippen LogP contribution is 2.47. The molecule has 0 saturated carbocycles. The Morgan fingerprint density at radius 2 is 1.50 bits per heavy atom. The van der Waals surface area contributed by atoms with Crippen molar-refractivity contribution >= 4 is 0 Å². The van der Waals surface area contributed by atoms with Crippen molar-refractivity contribution in [3.8, 4) is 0 Å². The number of rotatable bonds is 1. The van der Waals surface area contributed by atoms with Crippen molar-refractivity contribution in [3.63, 3.8) is 0 Å². The molecule has 1 nitrogen and oxygen atoms in total. The van der Waals surface area contributed by atoms with Gasteiger partial charge in [0, 0.05) is 11.1 Å². The fraction of sp³-hybridized carbons (Fsp3) is 1.00. The van der Waals surface area contributed by atoms with Crippen LogP contribution < -0.4 is 0 Å². The molecule has 0 bridgehead atoms. The molecular weight excluding hydrogens is 170 g/mol. The van der Waals surface area contributed by atoms with Gasteiger partial charge in [-0.2, -0.15) is 0 Å². The first-order chi connectivity index (χ1) is 6.13. The van der Waals surface area contributed by atoms with Crippen molar-refractivity contribution in [2.45, 2.75) is 71.9 Å². The van der Waals surface area contributed by atoms with Gasteiger partial charge in [-0.05, 0) is 52.5 Å². The fourth-order valence-electron chi connectivity index (χ4n) is 3.59. The Bertz CT molecular complexity index is 217. The molecule has 14 heavy (non-hydrogen) atoms. The molecule has 1 rings (SSSR count). The molecule has 0 amide bonds. The zero-order valence-electron chi connectivity index (χ0n) is 11.1. The molecule has 0 N–H and O–H groups in total. The van der Waals surface area contributed by atoms with Crippen molar-refractivity contribution in [2.24, 2.45) is 5.41 Å². The lowest BCUT2D eigenvalue weighted by atomic mass is 9.65. The molecule has 0 radical (unpaired) electrons. The number of likely N-dealkylation sites (tertiary alicyclic amines) is 1. The first kappa shape index (κ1) is 12.0. The second kappa shape index (κ2) is 3.23. The monoisotopic (exact) mass is 197 g/mol. The Kier molecular flexibility index (Phi) is 2.78. The van der Waals surface area contributed by atoms with E-state index in [1.165, 1.54) is 19.3 Å². The second-order valence-electron chi connectivity index (χ2n) is 6.74. The van der Waals surface area contributed by atoms with Crippen LogP contribution in [0.3, 0.4) is 0 Å². The highest BCUT2D eigenvalue weighted by Gasteiger charge is 2.47. The molecule has 1 aliphatic heterocycles. The maximum Gasteiger partial charge on any atom is 0.0186 e. The topological polar surface area (TPSA) is 3.24 Å². The summed E-state index contributed by atoms with van der Waals surface area (Å²) in [4.78, 5) is 2.59. The highest BCUT2D eigenvalue weighted by molar-refractivity contribution is 5.02. The third kappa shape index (κ3) is 1.98. The van der Waals surface area contributed by atoms with Gasteiger partial charge in [0.25, 0.3) is 0 Å². The third-order valence-electron chi connectivity index (χ3n) is 4.25. The van der Waals surface area contributed by atoms with Crippen molar-refractivity contribution in [1.82, 2.24) is 4.90 Å². The highest BCUT2D eigenvalue weighted by atomic mass is 15.2. The van der Waals surface area contributed by atoms with E-state index in [1.54, 1.807) is 0 Å². The van der Waals surface area contributed by atoms with Gasteiger partial charge in [0.05, 0.1) is 0 Å². The summed E-state index contributed by atoms with van der Waals surface area (Å²) in [5.74, 6) is 0. The molecule has 1 unspecified atom stereocenters. The Balaban J connectivity index is 3.00. The van der Waals surface area contributed by atoms with E-state index in [4.69, 9.17) is 0 Å². The molecule has 84 valence electrons. The lowest BCUT2D eigenvalue weighted by molar-refractivity contribution is -0.0698. The summed E-state index contributed by atoms with van der Waals surface area (Å²) in [5, 5.41) is 0. The van der Waals surface area contributed by atoms with Crippen LogP contribution in [0, 0.1) is 5.41 Å². The summed E-state index contributed by atoms with van der Waals surface area (Å²) in [6.45, 7) is 14.3. The maximum absolute atomic E-state index is 2.59. The minimum absolute atomic E-state index is 0.340. The molecule has 1 aliphatic rings. The number of hydrogen-bond acceptors (Lipinski definition) is 1. The van der Waals surface area contributed by atoms with E-state index in [0.29, 0.717) is 16.5 Å². The summed E-state index contributed by atoms with van der Waals surface area (Å²) >= 11 is 0. The molecule has 0 spiro atoms. The van der Waals surface area contributed by atoms with Gasteiger partial charge in [0.15, 0.2) is 0 Å². The molecule has 1 atom stereocenters. The molecular formula is C13H27N. The van der Waals surface area contributed by atoms with Crippen LogP contribution in [0.5, 0.6) is 0 Å². The molecule has 0 aromatic rings. The predicted molar refractivity (Wildman–Crippen MR) is 63.6 cm³/mol. The molecule has 1 fully saturated rings. The van der Waals surface area contributed by atoms with Gasteiger partial charge in [0.1, 0.15) is 0 Å². The van der Waals surface area contributed by atoms with Gasteiger partial charge in [-0.15, -0.1) is 0 Å². The van der Waals surface area contributed by atoms with Crippen LogP contribution in [0.1, 0.15) is 60.8 Å². The first-order valence-corrected chi connectivity index (χ1v) is 5.87. The first-order valence-electron chi connectivity index (χ1n) is 5.87. The Hall–Kier alpha value is -0.0400. The fourth-order valence-corrected chi connectivity index (χ4v) is 3.59. The average Bonchev–Trinajstić information content (AvgIpc) is 1.98. The van der Waals surface area contributed by atoms with Gasteiger partial charge in [-0.25, -0.2) is 0 Å². The predicted octanol–water partition coefficient (Wildman–Crippen LogP) is 3.69. The van der Waals surface area contributed by atoms with Gasteiger partial charge in [-0.1, -0.05) is 20.8 Å². The number of nitrogens with zero attached hydrogens (tertiary/aromatic N) is 1. The van der Waals surface area contributed by atoms with E-state index >= 15 is 0 Å². The Morgan fingerprint density at radius 1 is 1.00 bits per heavy atom. The normalized spacial score (nSPS) is 37.1.